The molecule has 0 spiro atoms. The summed E-state index contributed by atoms with van der Waals surface area (Å²) in [5.74, 6) is 0.602. The Kier molecular flexibility index (Phi) is 5.72. The van der Waals surface area contributed by atoms with Crippen LogP contribution >= 0.6 is 15.9 Å². The van der Waals surface area contributed by atoms with Crippen LogP contribution in [-0.2, 0) is 16.4 Å². The molecule has 0 amide bonds. The fraction of sp³-hybridized carbons (Fsp3) is 0.250. The van der Waals surface area contributed by atoms with Crippen molar-refractivity contribution >= 4 is 48.1 Å². The average molecular weight is 489 g/mol. The van der Waals surface area contributed by atoms with Crippen molar-refractivity contribution in [3.63, 3.8) is 0 Å². The Morgan fingerprint density at radius 3 is 2.83 bits per heavy atom. The minimum absolute atomic E-state index is 0.150. The number of pyridine rings is 1. The number of halogens is 1. The predicted octanol–water partition coefficient (Wildman–Crippen LogP) is 2.81. The third kappa shape index (κ3) is 4.30. The van der Waals surface area contributed by atoms with Crippen molar-refractivity contribution < 1.29 is 8.42 Å². The Bertz CT molecular complexity index is 1340. The van der Waals surface area contributed by atoms with Gasteiger partial charge in [-0.25, -0.2) is 13.4 Å². The van der Waals surface area contributed by atoms with Crippen molar-refractivity contribution in [1.82, 2.24) is 24.9 Å². The molecule has 3 aromatic heterocycles. The number of anilines is 1. The fourth-order valence-electron chi connectivity index (χ4n) is 3.25. The van der Waals surface area contributed by atoms with Gasteiger partial charge in [0, 0.05) is 35.5 Å². The van der Waals surface area contributed by atoms with Gasteiger partial charge in [-0.2, -0.15) is 9.61 Å². The van der Waals surface area contributed by atoms with Gasteiger partial charge in [0.15, 0.2) is 5.65 Å². The first-order chi connectivity index (χ1) is 14.3. The van der Waals surface area contributed by atoms with Gasteiger partial charge in [-0.1, -0.05) is 18.2 Å². The van der Waals surface area contributed by atoms with Crippen molar-refractivity contribution in [3.05, 3.63) is 52.9 Å². The van der Waals surface area contributed by atoms with Crippen molar-refractivity contribution in [2.24, 2.45) is 0 Å². The monoisotopic (exact) mass is 488 g/mol. The van der Waals surface area contributed by atoms with Crippen LogP contribution in [0.2, 0.25) is 0 Å². The molecule has 156 valence electrons. The first-order valence-electron chi connectivity index (χ1n) is 9.39. The zero-order valence-corrected chi connectivity index (χ0v) is 18.7. The molecule has 10 heteroatoms. The largest absolute Gasteiger partial charge is 0.383 e. The van der Waals surface area contributed by atoms with E-state index in [1.165, 1.54) is 6.26 Å². The van der Waals surface area contributed by atoms with E-state index in [2.05, 4.69) is 37.4 Å². The maximum Gasteiger partial charge on any atom is 0.165 e. The van der Waals surface area contributed by atoms with E-state index in [9.17, 15) is 8.42 Å². The van der Waals surface area contributed by atoms with Crippen LogP contribution in [0, 0.1) is 0 Å². The van der Waals surface area contributed by atoms with Crippen molar-refractivity contribution in [3.8, 4) is 11.1 Å². The summed E-state index contributed by atoms with van der Waals surface area (Å²) in [7, 11) is -2.96. The third-order valence-corrected chi connectivity index (χ3v) is 6.65. The van der Waals surface area contributed by atoms with E-state index in [0.717, 1.165) is 27.7 Å². The molecule has 0 unspecified atom stereocenters. The third-order valence-electron chi connectivity index (χ3n) is 4.75. The van der Waals surface area contributed by atoms with E-state index in [4.69, 9.17) is 10.7 Å². The first kappa shape index (κ1) is 20.7. The zero-order valence-electron chi connectivity index (χ0n) is 16.3. The van der Waals surface area contributed by atoms with E-state index in [-0.39, 0.29) is 5.75 Å². The van der Waals surface area contributed by atoms with Gasteiger partial charge in [-0.15, -0.1) is 0 Å². The first-order valence-corrected chi connectivity index (χ1v) is 12.2. The Morgan fingerprint density at radius 1 is 1.23 bits per heavy atom. The van der Waals surface area contributed by atoms with Crippen LogP contribution in [0.3, 0.4) is 0 Å². The average Bonchev–Trinajstić information content (AvgIpc) is 3.14. The molecule has 0 saturated carbocycles. The van der Waals surface area contributed by atoms with Gasteiger partial charge in [0.25, 0.3) is 0 Å². The van der Waals surface area contributed by atoms with E-state index in [1.807, 2.05) is 30.5 Å². The van der Waals surface area contributed by atoms with Crippen molar-refractivity contribution in [2.75, 3.05) is 24.3 Å². The summed E-state index contributed by atoms with van der Waals surface area (Å²) < 4.78 is 24.8. The molecular weight excluding hydrogens is 468 g/mol. The number of aromatic nitrogens is 4. The molecule has 4 rings (SSSR count). The molecule has 0 aliphatic heterocycles. The highest BCUT2D eigenvalue weighted by molar-refractivity contribution is 9.10. The molecule has 30 heavy (non-hydrogen) atoms. The van der Waals surface area contributed by atoms with Gasteiger partial charge < -0.3 is 11.1 Å². The molecule has 0 atom stereocenters. The van der Waals surface area contributed by atoms with Crippen molar-refractivity contribution in [1.29, 1.82) is 0 Å². The summed E-state index contributed by atoms with van der Waals surface area (Å²) in [4.78, 5) is 9.29. The Balaban J connectivity index is 1.64. The zero-order chi connectivity index (χ0) is 21.3. The van der Waals surface area contributed by atoms with Gasteiger partial charge in [0.05, 0.1) is 27.6 Å². The number of para-hydroxylation sites is 1. The standard InChI is InChI=1S/C20H21BrN6O2S/c1-30(28,29)8-4-7-23-12-17-18(21)19(22)27-20(26-17)15(11-25-27)14-9-13-5-2-3-6-16(13)24-10-14/h2-3,5-6,9-11,23H,4,7-8,12,22H2,1H3. The van der Waals surface area contributed by atoms with Crippen LogP contribution < -0.4 is 11.1 Å². The van der Waals surface area contributed by atoms with Gasteiger partial charge in [-0.3, -0.25) is 4.98 Å². The van der Waals surface area contributed by atoms with Crippen LogP contribution in [0.1, 0.15) is 12.1 Å². The molecule has 8 nitrogen and oxygen atoms in total. The van der Waals surface area contributed by atoms with Crippen LogP contribution in [0.5, 0.6) is 0 Å². The molecule has 0 radical (unpaired) electrons. The van der Waals surface area contributed by atoms with E-state index >= 15 is 0 Å². The lowest BCUT2D eigenvalue weighted by molar-refractivity contribution is 0.593. The molecule has 0 fully saturated rings. The second-order valence-electron chi connectivity index (χ2n) is 7.13. The SMILES string of the molecule is CS(=O)(=O)CCCNCc1nc2c(-c3cnc4ccccc4c3)cnn2c(N)c1Br. The minimum Gasteiger partial charge on any atom is -0.383 e. The fourth-order valence-corrected chi connectivity index (χ4v) is 4.31. The van der Waals surface area contributed by atoms with E-state index in [1.54, 1.807) is 10.7 Å². The molecule has 1 aromatic carbocycles. The number of hydrogen-bond donors (Lipinski definition) is 2. The maximum atomic E-state index is 11.3. The maximum absolute atomic E-state index is 11.3. The van der Waals surface area contributed by atoms with Crippen LogP contribution in [0.25, 0.3) is 27.7 Å². The summed E-state index contributed by atoms with van der Waals surface area (Å²) in [6, 6.07) is 9.98. The summed E-state index contributed by atoms with van der Waals surface area (Å²) in [6.45, 7) is 1.01. The van der Waals surface area contributed by atoms with Crippen LogP contribution in [0.15, 0.2) is 47.2 Å². The topological polar surface area (TPSA) is 115 Å². The van der Waals surface area contributed by atoms with E-state index < -0.39 is 9.84 Å². The van der Waals surface area contributed by atoms with Crippen LogP contribution in [-0.4, -0.2) is 46.6 Å². The summed E-state index contributed by atoms with van der Waals surface area (Å²) >= 11 is 3.50. The summed E-state index contributed by atoms with van der Waals surface area (Å²) in [5, 5.41) is 8.66. The molecule has 3 N–H and O–H groups in total. The van der Waals surface area contributed by atoms with E-state index in [0.29, 0.717) is 35.4 Å². The van der Waals surface area contributed by atoms with Crippen LogP contribution in [0.4, 0.5) is 5.82 Å². The number of fused-ring (bicyclic) bond motifs is 2. The Labute approximate surface area is 182 Å². The number of nitrogens with two attached hydrogens (primary N) is 1. The molecule has 4 aromatic rings. The number of sulfone groups is 1. The second-order valence-corrected chi connectivity index (χ2v) is 10.2. The highest BCUT2D eigenvalue weighted by atomic mass is 79.9. The van der Waals surface area contributed by atoms with Gasteiger partial charge >= 0.3 is 0 Å². The van der Waals surface area contributed by atoms with Gasteiger partial charge in [-0.05, 0) is 41.0 Å². The predicted molar refractivity (Wildman–Crippen MR) is 122 cm³/mol. The smallest absolute Gasteiger partial charge is 0.165 e. The Hall–Kier alpha value is -2.56. The molecule has 0 bridgehead atoms. The lowest BCUT2D eigenvalue weighted by Gasteiger charge is -2.10. The molecule has 0 aliphatic carbocycles. The number of rotatable bonds is 7. The van der Waals surface area contributed by atoms with Gasteiger partial charge in [0.1, 0.15) is 15.7 Å². The number of benzene rings is 1. The quantitative estimate of drug-likeness (QED) is 0.384. The van der Waals surface area contributed by atoms with Gasteiger partial charge in [0.2, 0.25) is 0 Å². The minimum atomic E-state index is -2.96. The summed E-state index contributed by atoms with van der Waals surface area (Å²) in [5.41, 5.74) is 10.3. The number of nitrogens with zero attached hydrogens (tertiary/aromatic N) is 4. The number of nitrogens with one attached hydrogen (secondary N) is 1. The molecule has 0 aliphatic rings. The number of nitrogen functional groups attached to an aromatic ring is 1. The highest BCUT2D eigenvalue weighted by Gasteiger charge is 2.16. The van der Waals surface area contributed by atoms with Crippen molar-refractivity contribution in [2.45, 2.75) is 13.0 Å². The number of hydrogen-bond acceptors (Lipinski definition) is 7. The Morgan fingerprint density at radius 2 is 2.03 bits per heavy atom. The lowest BCUT2D eigenvalue weighted by atomic mass is 10.1. The normalized spacial score (nSPS) is 12.1. The lowest BCUT2D eigenvalue weighted by Crippen LogP contribution is -2.19. The summed E-state index contributed by atoms with van der Waals surface area (Å²) in [6.07, 6.45) is 5.32. The molecular formula is C20H21BrN6O2S. The second kappa shape index (κ2) is 8.29. The molecule has 3 heterocycles. The molecule has 0 saturated heterocycles. The highest BCUT2D eigenvalue weighted by Crippen LogP contribution is 2.30.